The Balaban J connectivity index is 0.00000144. The zero-order valence-electron chi connectivity index (χ0n) is 10.2. The van der Waals surface area contributed by atoms with E-state index < -0.39 is 0 Å². The van der Waals surface area contributed by atoms with E-state index in [-0.39, 0.29) is 30.3 Å². The van der Waals surface area contributed by atoms with Crippen LogP contribution in [0.4, 0.5) is 0 Å². The number of hydrogen-bond acceptors (Lipinski definition) is 3. The van der Waals surface area contributed by atoms with Gasteiger partial charge in [0.05, 0.1) is 6.10 Å². The second-order valence-corrected chi connectivity index (χ2v) is 5.14. The minimum Gasteiger partial charge on any atom is -0.391 e. The highest BCUT2D eigenvalue weighted by Gasteiger charge is 2.25. The van der Waals surface area contributed by atoms with Crippen LogP contribution in [0.15, 0.2) is 0 Å². The first-order chi connectivity index (χ1) is 7.75. The molecule has 100 valence electrons. The van der Waals surface area contributed by atoms with Gasteiger partial charge in [0.1, 0.15) is 0 Å². The molecular formula is C12H23ClN2O2. The minimum atomic E-state index is -0.299. The number of β-amino-alcohol motifs (C(OH)–C–C–N with tert-alkyl or cyclic N) is 1. The third-order valence-corrected chi connectivity index (χ3v) is 3.81. The van der Waals surface area contributed by atoms with Crippen LogP contribution in [0.1, 0.15) is 32.1 Å². The second kappa shape index (κ2) is 7.19. The van der Waals surface area contributed by atoms with Gasteiger partial charge in [-0.25, -0.2) is 0 Å². The molecule has 1 aliphatic heterocycles. The highest BCUT2D eigenvalue weighted by Crippen LogP contribution is 2.27. The van der Waals surface area contributed by atoms with Crippen LogP contribution in [0.2, 0.25) is 0 Å². The van der Waals surface area contributed by atoms with Crippen LogP contribution >= 0.6 is 12.4 Å². The molecule has 1 aliphatic carbocycles. The zero-order chi connectivity index (χ0) is 11.4. The van der Waals surface area contributed by atoms with Gasteiger partial charge >= 0.3 is 0 Å². The van der Waals surface area contributed by atoms with Crippen molar-refractivity contribution in [3.63, 3.8) is 0 Å². The highest BCUT2D eigenvalue weighted by molar-refractivity contribution is 5.85. The molecule has 3 N–H and O–H groups in total. The molecule has 17 heavy (non-hydrogen) atoms. The van der Waals surface area contributed by atoms with Crippen LogP contribution < -0.4 is 10.6 Å². The Morgan fingerprint density at radius 3 is 2.59 bits per heavy atom. The standard InChI is InChI=1S/C12H22N2O2.ClH/c15-11-8-13-6-10(11)7-14-12(16)5-9-3-1-2-4-9;/h9-11,13,15H,1-8H2,(H,14,16);1H. The van der Waals surface area contributed by atoms with E-state index in [9.17, 15) is 9.90 Å². The average Bonchev–Trinajstić information content (AvgIpc) is 2.87. The molecule has 0 aromatic rings. The first-order valence-corrected chi connectivity index (χ1v) is 6.41. The molecule has 0 aromatic heterocycles. The van der Waals surface area contributed by atoms with Gasteiger partial charge in [-0.05, 0) is 18.8 Å². The number of aliphatic hydroxyl groups excluding tert-OH is 1. The van der Waals surface area contributed by atoms with Gasteiger partial charge in [0.2, 0.25) is 5.91 Å². The Kier molecular flexibility index (Phi) is 6.23. The van der Waals surface area contributed by atoms with Gasteiger partial charge in [-0.1, -0.05) is 12.8 Å². The molecule has 0 spiro atoms. The smallest absolute Gasteiger partial charge is 0.220 e. The molecule has 2 unspecified atom stereocenters. The molecule has 2 atom stereocenters. The number of aliphatic hydroxyl groups is 1. The van der Waals surface area contributed by atoms with E-state index in [0.717, 1.165) is 6.54 Å². The number of carbonyl (C=O) groups excluding carboxylic acids is 1. The molecular weight excluding hydrogens is 240 g/mol. The lowest BCUT2D eigenvalue weighted by molar-refractivity contribution is -0.122. The summed E-state index contributed by atoms with van der Waals surface area (Å²) in [5.41, 5.74) is 0. The molecule has 2 rings (SSSR count). The van der Waals surface area contributed by atoms with Crippen molar-refractivity contribution in [2.45, 2.75) is 38.2 Å². The Morgan fingerprint density at radius 1 is 1.29 bits per heavy atom. The number of nitrogens with one attached hydrogen (secondary N) is 2. The summed E-state index contributed by atoms with van der Waals surface area (Å²) in [4.78, 5) is 11.6. The molecule has 0 aromatic carbocycles. The maximum Gasteiger partial charge on any atom is 0.220 e. The zero-order valence-corrected chi connectivity index (χ0v) is 11.0. The number of hydrogen-bond donors (Lipinski definition) is 3. The van der Waals surface area contributed by atoms with Gasteiger partial charge in [0.25, 0.3) is 0 Å². The Bertz CT molecular complexity index is 245. The number of carbonyl (C=O) groups is 1. The maximum atomic E-state index is 11.6. The van der Waals surface area contributed by atoms with Crippen molar-refractivity contribution in [2.24, 2.45) is 11.8 Å². The van der Waals surface area contributed by atoms with Crippen LogP contribution in [0, 0.1) is 11.8 Å². The molecule has 0 radical (unpaired) electrons. The van der Waals surface area contributed by atoms with Gasteiger partial charge in [-0.15, -0.1) is 12.4 Å². The van der Waals surface area contributed by atoms with Crippen molar-refractivity contribution in [3.8, 4) is 0 Å². The van der Waals surface area contributed by atoms with Crippen LogP contribution in [0.3, 0.4) is 0 Å². The van der Waals surface area contributed by atoms with E-state index in [1.807, 2.05) is 0 Å². The monoisotopic (exact) mass is 262 g/mol. The summed E-state index contributed by atoms with van der Waals surface area (Å²) in [6.07, 6.45) is 5.36. The highest BCUT2D eigenvalue weighted by atomic mass is 35.5. The Labute approximate surface area is 109 Å². The molecule has 1 amide bonds. The normalized spacial score (nSPS) is 29.0. The van der Waals surface area contributed by atoms with Gasteiger partial charge in [-0.2, -0.15) is 0 Å². The Morgan fingerprint density at radius 2 is 2.00 bits per heavy atom. The maximum absolute atomic E-state index is 11.6. The van der Waals surface area contributed by atoms with Crippen molar-refractivity contribution in [3.05, 3.63) is 0 Å². The van der Waals surface area contributed by atoms with Gasteiger partial charge in [0, 0.05) is 32.0 Å². The lowest BCUT2D eigenvalue weighted by Crippen LogP contribution is -2.34. The number of halogens is 1. The molecule has 2 fully saturated rings. The third kappa shape index (κ3) is 4.45. The summed E-state index contributed by atoms with van der Waals surface area (Å²) in [6.45, 7) is 2.08. The summed E-state index contributed by atoms with van der Waals surface area (Å²) in [5, 5.41) is 15.6. The summed E-state index contributed by atoms with van der Waals surface area (Å²) in [5.74, 6) is 0.949. The molecule has 1 saturated heterocycles. The second-order valence-electron chi connectivity index (χ2n) is 5.14. The van der Waals surface area contributed by atoms with Crippen LogP contribution in [0.5, 0.6) is 0 Å². The van der Waals surface area contributed by atoms with Gasteiger partial charge in [0.15, 0.2) is 0 Å². The first kappa shape index (κ1) is 14.7. The minimum absolute atomic E-state index is 0. The van der Waals surface area contributed by atoms with Crippen molar-refractivity contribution < 1.29 is 9.90 Å². The quantitative estimate of drug-likeness (QED) is 0.699. The molecule has 4 nitrogen and oxygen atoms in total. The lowest BCUT2D eigenvalue weighted by atomic mass is 10.0. The topological polar surface area (TPSA) is 61.4 Å². The third-order valence-electron chi connectivity index (χ3n) is 3.81. The van der Waals surface area contributed by atoms with E-state index in [2.05, 4.69) is 10.6 Å². The van der Waals surface area contributed by atoms with Gasteiger partial charge in [-0.3, -0.25) is 4.79 Å². The number of rotatable bonds is 4. The van der Waals surface area contributed by atoms with E-state index in [4.69, 9.17) is 0 Å². The fourth-order valence-electron chi connectivity index (χ4n) is 2.72. The van der Waals surface area contributed by atoms with Crippen molar-refractivity contribution in [1.82, 2.24) is 10.6 Å². The lowest BCUT2D eigenvalue weighted by Gasteiger charge is -2.15. The van der Waals surface area contributed by atoms with Crippen LogP contribution in [0.25, 0.3) is 0 Å². The van der Waals surface area contributed by atoms with Gasteiger partial charge < -0.3 is 15.7 Å². The van der Waals surface area contributed by atoms with E-state index in [0.29, 0.717) is 25.4 Å². The molecule has 1 saturated carbocycles. The summed E-state index contributed by atoms with van der Waals surface area (Å²) < 4.78 is 0. The van der Waals surface area contributed by atoms with E-state index in [1.165, 1.54) is 25.7 Å². The molecule has 2 aliphatic rings. The first-order valence-electron chi connectivity index (χ1n) is 6.41. The van der Waals surface area contributed by atoms with E-state index >= 15 is 0 Å². The Hall–Kier alpha value is -0.320. The largest absolute Gasteiger partial charge is 0.391 e. The van der Waals surface area contributed by atoms with Crippen molar-refractivity contribution in [2.75, 3.05) is 19.6 Å². The fourth-order valence-corrected chi connectivity index (χ4v) is 2.72. The molecule has 1 heterocycles. The average molecular weight is 263 g/mol. The van der Waals surface area contributed by atoms with E-state index in [1.54, 1.807) is 0 Å². The fraction of sp³-hybridized carbons (Fsp3) is 0.917. The predicted octanol–water partition coefficient (Wildman–Crippen LogP) is 0.685. The van der Waals surface area contributed by atoms with Crippen molar-refractivity contribution >= 4 is 18.3 Å². The van der Waals surface area contributed by atoms with Crippen LogP contribution in [-0.2, 0) is 4.79 Å². The van der Waals surface area contributed by atoms with Crippen LogP contribution in [-0.4, -0.2) is 36.8 Å². The van der Waals surface area contributed by atoms with Crippen molar-refractivity contribution in [1.29, 1.82) is 0 Å². The summed E-state index contributed by atoms with van der Waals surface area (Å²) in [6, 6.07) is 0. The summed E-state index contributed by atoms with van der Waals surface area (Å²) in [7, 11) is 0. The molecule has 5 heteroatoms. The SMILES string of the molecule is Cl.O=C(CC1CCCC1)NCC1CNCC1O. The summed E-state index contributed by atoms with van der Waals surface area (Å²) >= 11 is 0. The molecule has 0 bridgehead atoms. The number of amides is 1. The predicted molar refractivity (Wildman–Crippen MR) is 69.2 cm³/mol.